The van der Waals surface area contributed by atoms with Gasteiger partial charge >= 0.3 is 0 Å². The van der Waals surface area contributed by atoms with Crippen LogP contribution in [0.3, 0.4) is 0 Å². The van der Waals surface area contributed by atoms with Crippen LogP contribution in [-0.2, 0) is 11.8 Å². The van der Waals surface area contributed by atoms with Crippen molar-refractivity contribution in [1.82, 2.24) is 20.0 Å². The van der Waals surface area contributed by atoms with Crippen molar-refractivity contribution in [2.24, 2.45) is 23.4 Å². The molecule has 1 aromatic heterocycles. The van der Waals surface area contributed by atoms with E-state index >= 15 is 0 Å². The van der Waals surface area contributed by atoms with Crippen LogP contribution in [0, 0.1) is 11.3 Å². The van der Waals surface area contributed by atoms with Crippen LogP contribution in [0.25, 0.3) is 0 Å². The first-order valence-electron chi connectivity index (χ1n) is 8.86. The summed E-state index contributed by atoms with van der Waals surface area (Å²) in [6.45, 7) is 12.5. The molecule has 6 nitrogen and oxygen atoms in total. The number of aryl methyl sites for hydroxylation is 1. The highest BCUT2D eigenvalue weighted by atomic mass is 16.5. The van der Waals surface area contributed by atoms with Crippen molar-refractivity contribution in [3.63, 3.8) is 0 Å². The van der Waals surface area contributed by atoms with E-state index in [2.05, 4.69) is 48.0 Å². The van der Waals surface area contributed by atoms with E-state index in [1.54, 1.807) is 0 Å². The molecule has 0 aromatic carbocycles. The molecule has 2 heterocycles. The summed E-state index contributed by atoms with van der Waals surface area (Å²) in [5, 5.41) is 7.81. The summed E-state index contributed by atoms with van der Waals surface area (Å²) >= 11 is 0. The number of hydrogen-bond donors (Lipinski definition) is 1. The minimum atomic E-state index is 0.0506. The van der Waals surface area contributed by atoms with Gasteiger partial charge in [0.2, 0.25) is 0 Å². The Morgan fingerprint density at radius 1 is 1.50 bits per heavy atom. The molecule has 1 aromatic rings. The molecule has 6 heteroatoms. The first kappa shape index (κ1) is 18.8. The van der Waals surface area contributed by atoms with E-state index in [-0.39, 0.29) is 11.5 Å². The highest BCUT2D eigenvalue weighted by Crippen LogP contribution is 2.25. The lowest BCUT2D eigenvalue weighted by Crippen LogP contribution is -2.50. The monoisotopic (exact) mass is 335 g/mol. The third-order valence-electron chi connectivity index (χ3n) is 4.36. The Bertz CT molecular complexity index is 549. The van der Waals surface area contributed by atoms with Gasteiger partial charge in [0.05, 0.1) is 19.3 Å². The number of ether oxygens (including phenoxy) is 1. The van der Waals surface area contributed by atoms with Crippen molar-refractivity contribution in [1.29, 1.82) is 0 Å². The van der Waals surface area contributed by atoms with E-state index in [0.29, 0.717) is 12.5 Å². The lowest BCUT2D eigenvalue weighted by Gasteiger charge is -2.36. The fourth-order valence-electron chi connectivity index (χ4n) is 3.48. The van der Waals surface area contributed by atoms with Gasteiger partial charge in [-0.1, -0.05) is 27.7 Å². The predicted octanol–water partition coefficient (Wildman–Crippen LogP) is 2.44. The molecule has 24 heavy (non-hydrogen) atoms. The van der Waals surface area contributed by atoms with Crippen LogP contribution < -0.4 is 5.32 Å². The SMILES string of the molecule is CN=C(NCC(C)(C)CC(C)C)N1CCOC(c2cnn(C)c2)C1. The average molecular weight is 335 g/mol. The zero-order valence-electron chi connectivity index (χ0n) is 16.0. The second-order valence-electron chi connectivity index (χ2n) is 7.92. The van der Waals surface area contributed by atoms with Gasteiger partial charge in [-0.15, -0.1) is 0 Å². The zero-order chi connectivity index (χ0) is 17.7. The third kappa shape index (κ3) is 5.23. The number of nitrogens with zero attached hydrogens (tertiary/aromatic N) is 4. The van der Waals surface area contributed by atoms with Crippen molar-refractivity contribution in [3.05, 3.63) is 18.0 Å². The molecule has 0 bridgehead atoms. The van der Waals surface area contributed by atoms with E-state index < -0.39 is 0 Å². The largest absolute Gasteiger partial charge is 0.370 e. The molecule has 0 saturated carbocycles. The summed E-state index contributed by atoms with van der Waals surface area (Å²) in [4.78, 5) is 6.77. The van der Waals surface area contributed by atoms with E-state index in [9.17, 15) is 0 Å². The molecule has 2 rings (SSSR count). The van der Waals surface area contributed by atoms with Crippen LogP contribution in [0.2, 0.25) is 0 Å². The van der Waals surface area contributed by atoms with Gasteiger partial charge in [0.1, 0.15) is 6.10 Å². The smallest absolute Gasteiger partial charge is 0.193 e. The van der Waals surface area contributed by atoms with Gasteiger partial charge in [-0.3, -0.25) is 9.67 Å². The first-order chi connectivity index (χ1) is 11.3. The van der Waals surface area contributed by atoms with Crippen LogP contribution >= 0.6 is 0 Å². The van der Waals surface area contributed by atoms with Gasteiger partial charge in [-0.05, 0) is 17.8 Å². The molecule has 1 N–H and O–H groups in total. The summed E-state index contributed by atoms with van der Waals surface area (Å²) in [7, 11) is 3.79. The maximum absolute atomic E-state index is 5.92. The Morgan fingerprint density at radius 3 is 2.83 bits per heavy atom. The van der Waals surface area contributed by atoms with Gasteiger partial charge in [0.25, 0.3) is 0 Å². The molecule has 1 fully saturated rings. The topological polar surface area (TPSA) is 54.7 Å². The summed E-state index contributed by atoms with van der Waals surface area (Å²) in [5.41, 5.74) is 1.37. The summed E-state index contributed by atoms with van der Waals surface area (Å²) in [5.74, 6) is 1.66. The predicted molar refractivity (Wildman–Crippen MR) is 98.1 cm³/mol. The number of nitrogens with one attached hydrogen (secondary N) is 1. The van der Waals surface area contributed by atoms with Crippen molar-refractivity contribution in [2.45, 2.75) is 40.2 Å². The molecular weight excluding hydrogens is 302 g/mol. The van der Waals surface area contributed by atoms with E-state index in [1.165, 1.54) is 6.42 Å². The third-order valence-corrected chi connectivity index (χ3v) is 4.36. The van der Waals surface area contributed by atoms with Gasteiger partial charge in [-0.2, -0.15) is 5.10 Å². The second-order valence-corrected chi connectivity index (χ2v) is 7.92. The maximum Gasteiger partial charge on any atom is 0.193 e. The van der Waals surface area contributed by atoms with Crippen molar-refractivity contribution in [3.8, 4) is 0 Å². The molecule has 0 amide bonds. The van der Waals surface area contributed by atoms with Crippen molar-refractivity contribution in [2.75, 3.05) is 33.3 Å². The fourth-order valence-corrected chi connectivity index (χ4v) is 3.48. The van der Waals surface area contributed by atoms with Crippen LogP contribution in [0.1, 0.15) is 45.8 Å². The molecule has 1 saturated heterocycles. The standard InChI is InChI=1S/C18H33N5O/c1-14(2)9-18(3,4)13-20-17(19-5)23-7-8-24-16(12-23)15-10-21-22(6)11-15/h10-11,14,16H,7-9,12-13H2,1-6H3,(H,19,20). The van der Waals surface area contributed by atoms with Crippen LogP contribution in [0.5, 0.6) is 0 Å². The molecule has 0 radical (unpaired) electrons. The molecule has 1 unspecified atom stereocenters. The molecule has 0 aliphatic carbocycles. The van der Waals surface area contributed by atoms with Gasteiger partial charge in [0, 0.05) is 38.9 Å². The quantitative estimate of drug-likeness (QED) is 0.663. The Labute approximate surface area is 146 Å². The number of rotatable bonds is 5. The van der Waals surface area contributed by atoms with Gasteiger partial charge < -0.3 is 15.0 Å². The fraction of sp³-hybridized carbons (Fsp3) is 0.778. The summed E-state index contributed by atoms with van der Waals surface area (Å²) in [6.07, 6.45) is 5.15. The number of hydrogen-bond acceptors (Lipinski definition) is 3. The average Bonchev–Trinajstić information content (AvgIpc) is 2.93. The van der Waals surface area contributed by atoms with Crippen LogP contribution in [-0.4, -0.2) is 53.9 Å². The van der Waals surface area contributed by atoms with Crippen LogP contribution in [0.15, 0.2) is 17.4 Å². The van der Waals surface area contributed by atoms with E-state index in [1.807, 2.05) is 31.2 Å². The Balaban J connectivity index is 1.95. The molecule has 1 atom stereocenters. The molecule has 136 valence electrons. The van der Waals surface area contributed by atoms with Crippen molar-refractivity contribution >= 4 is 5.96 Å². The minimum absolute atomic E-state index is 0.0506. The minimum Gasteiger partial charge on any atom is -0.370 e. The number of morpholine rings is 1. The Morgan fingerprint density at radius 2 is 2.25 bits per heavy atom. The summed E-state index contributed by atoms with van der Waals surface area (Å²) in [6, 6.07) is 0. The Hall–Kier alpha value is -1.56. The highest BCUT2D eigenvalue weighted by Gasteiger charge is 2.26. The second kappa shape index (κ2) is 8.01. The molecular formula is C18H33N5O. The zero-order valence-corrected chi connectivity index (χ0v) is 16.0. The number of guanidine groups is 1. The lowest BCUT2D eigenvalue weighted by atomic mass is 9.84. The van der Waals surface area contributed by atoms with E-state index in [4.69, 9.17) is 4.74 Å². The molecule has 0 spiro atoms. The summed E-state index contributed by atoms with van der Waals surface area (Å²) < 4.78 is 7.74. The molecule has 1 aliphatic heterocycles. The molecule has 1 aliphatic rings. The van der Waals surface area contributed by atoms with Crippen molar-refractivity contribution < 1.29 is 4.74 Å². The highest BCUT2D eigenvalue weighted by molar-refractivity contribution is 5.80. The number of aromatic nitrogens is 2. The first-order valence-corrected chi connectivity index (χ1v) is 8.86. The van der Waals surface area contributed by atoms with Gasteiger partial charge in [0.15, 0.2) is 5.96 Å². The van der Waals surface area contributed by atoms with Gasteiger partial charge in [-0.25, -0.2) is 0 Å². The number of aliphatic imine (C=N–C) groups is 1. The van der Waals surface area contributed by atoms with E-state index in [0.717, 1.165) is 31.2 Å². The maximum atomic E-state index is 5.92. The lowest BCUT2D eigenvalue weighted by molar-refractivity contribution is -0.00818. The van der Waals surface area contributed by atoms with Crippen LogP contribution in [0.4, 0.5) is 0 Å². The normalized spacial score (nSPS) is 19.9. The Kier molecular flexibility index (Phi) is 6.27.